The molecule has 2 fully saturated rings. The van der Waals surface area contributed by atoms with Gasteiger partial charge in [0.25, 0.3) is 0 Å². The summed E-state index contributed by atoms with van der Waals surface area (Å²) in [7, 11) is 0. The van der Waals surface area contributed by atoms with Crippen LogP contribution in [0, 0.1) is 0 Å². The quantitative estimate of drug-likeness (QED) is 0.443. The Morgan fingerprint density at radius 3 is 2.27 bits per heavy atom. The molecule has 2 saturated heterocycles. The molecular weight excluding hydrogens is 528 g/mol. The molecule has 2 aliphatic rings. The van der Waals surface area contributed by atoms with Gasteiger partial charge in [0.2, 0.25) is 11.8 Å². The van der Waals surface area contributed by atoms with Crippen LogP contribution in [-0.2, 0) is 25.5 Å². The predicted octanol–water partition coefficient (Wildman–Crippen LogP) is 3.29. The Morgan fingerprint density at radius 1 is 1.02 bits per heavy atom. The molecule has 0 spiro atoms. The Labute approximate surface area is 239 Å². The Bertz CT molecular complexity index is 1230. The van der Waals surface area contributed by atoms with E-state index in [-0.39, 0.29) is 17.9 Å². The molecule has 0 saturated carbocycles. The highest BCUT2D eigenvalue weighted by atomic mass is 16.6. The molecule has 0 aliphatic carbocycles. The zero-order chi connectivity index (χ0) is 29.6. The maximum absolute atomic E-state index is 13.2. The van der Waals surface area contributed by atoms with Crippen LogP contribution in [0.1, 0.15) is 49.5 Å². The summed E-state index contributed by atoms with van der Waals surface area (Å²) in [6.07, 6.45) is 1.33. The number of anilines is 2. The van der Waals surface area contributed by atoms with Gasteiger partial charge in [-0.25, -0.2) is 9.59 Å². The first kappa shape index (κ1) is 30.0. The number of carboxylic acids is 1. The first-order valence-corrected chi connectivity index (χ1v) is 13.8. The highest BCUT2D eigenvalue weighted by Crippen LogP contribution is 2.23. The van der Waals surface area contributed by atoms with Crippen LogP contribution in [0.4, 0.5) is 16.2 Å². The van der Waals surface area contributed by atoms with Gasteiger partial charge in [0.15, 0.2) is 0 Å². The zero-order valence-electron chi connectivity index (χ0n) is 23.7. The van der Waals surface area contributed by atoms with E-state index in [1.165, 1.54) is 24.3 Å². The second-order valence-corrected chi connectivity index (χ2v) is 11.3. The fraction of sp³-hybridized carbons (Fsp3) is 0.467. The third kappa shape index (κ3) is 8.51. The monoisotopic (exact) mass is 566 g/mol. The van der Waals surface area contributed by atoms with Crippen molar-refractivity contribution in [1.82, 2.24) is 10.2 Å². The molecule has 2 aromatic carbocycles. The van der Waals surface area contributed by atoms with E-state index < -0.39 is 29.6 Å². The largest absolute Gasteiger partial charge is 0.478 e. The van der Waals surface area contributed by atoms with Gasteiger partial charge in [-0.1, -0.05) is 12.1 Å². The van der Waals surface area contributed by atoms with E-state index in [4.69, 9.17) is 14.6 Å². The van der Waals surface area contributed by atoms with Crippen LogP contribution in [0.3, 0.4) is 0 Å². The van der Waals surface area contributed by atoms with Crippen molar-refractivity contribution in [2.75, 3.05) is 43.1 Å². The molecule has 0 radical (unpaired) electrons. The number of hydrogen-bond acceptors (Lipinski definition) is 7. The summed E-state index contributed by atoms with van der Waals surface area (Å²) in [5, 5.41) is 14.5. The Kier molecular flexibility index (Phi) is 9.61. The lowest BCUT2D eigenvalue weighted by Gasteiger charge is -2.40. The summed E-state index contributed by atoms with van der Waals surface area (Å²) < 4.78 is 10.8. The number of piperazine rings is 1. The summed E-state index contributed by atoms with van der Waals surface area (Å²) >= 11 is 0. The van der Waals surface area contributed by atoms with Crippen molar-refractivity contribution in [3.05, 3.63) is 59.7 Å². The van der Waals surface area contributed by atoms with Gasteiger partial charge >= 0.3 is 12.1 Å². The molecule has 0 aromatic heterocycles. The standard InChI is InChI=1S/C30H38N4O7/c1-30(2,3)41-29(39)32-25(27(36)31-22-8-6-21(7-9-22)28(37)38)18-20-4-10-24(11-5-20)34-15-14-33(19-26(34)35)23-12-16-40-17-13-23/h4-11,23,25H,12-19H2,1-3H3,(H,31,36)(H,32,39)(H,37,38)/t25-/m0/s1. The van der Waals surface area contributed by atoms with E-state index in [0.29, 0.717) is 24.8 Å². The van der Waals surface area contributed by atoms with E-state index in [1.54, 1.807) is 25.7 Å². The summed E-state index contributed by atoms with van der Waals surface area (Å²) in [5.74, 6) is -1.51. The Balaban J connectivity index is 1.42. The molecule has 41 heavy (non-hydrogen) atoms. The highest BCUT2D eigenvalue weighted by Gasteiger charge is 2.31. The second kappa shape index (κ2) is 13.1. The van der Waals surface area contributed by atoms with E-state index in [0.717, 1.165) is 43.9 Å². The number of ether oxygens (including phenoxy) is 2. The van der Waals surface area contributed by atoms with Gasteiger partial charge in [0, 0.05) is 50.1 Å². The number of alkyl carbamates (subject to hydrolysis) is 1. The molecule has 11 heteroatoms. The number of carbonyl (C=O) groups is 4. The molecule has 1 atom stereocenters. The van der Waals surface area contributed by atoms with Gasteiger partial charge in [-0.05, 0) is 75.6 Å². The van der Waals surface area contributed by atoms with E-state index >= 15 is 0 Å². The highest BCUT2D eigenvalue weighted by molar-refractivity contribution is 5.97. The average molecular weight is 567 g/mol. The minimum atomic E-state index is -1.07. The van der Waals surface area contributed by atoms with Gasteiger partial charge in [0.05, 0.1) is 12.1 Å². The fourth-order valence-electron chi connectivity index (χ4n) is 4.96. The van der Waals surface area contributed by atoms with Crippen LogP contribution >= 0.6 is 0 Å². The molecule has 2 heterocycles. The molecule has 2 aromatic rings. The lowest BCUT2D eigenvalue weighted by atomic mass is 10.0. The SMILES string of the molecule is CC(C)(C)OC(=O)N[C@@H](Cc1ccc(N2CCN(C3CCOCC3)CC2=O)cc1)C(=O)Nc1ccc(C(=O)O)cc1. The number of nitrogens with one attached hydrogen (secondary N) is 2. The van der Waals surface area contributed by atoms with Crippen molar-refractivity contribution in [1.29, 1.82) is 0 Å². The average Bonchev–Trinajstić information content (AvgIpc) is 2.93. The minimum Gasteiger partial charge on any atom is -0.478 e. The maximum Gasteiger partial charge on any atom is 0.408 e. The van der Waals surface area contributed by atoms with Crippen LogP contribution in [0.15, 0.2) is 48.5 Å². The first-order chi connectivity index (χ1) is 19.5. The van der Waals surface area contributed by atoms with Crippen LogP contribution < -0.4 is 15.5 Å². The van der Waals surface area contributed by atoms with Crippen LogP contribution in [-0.4, -0.2) is 84.4 Å². The van der Waals surface area contributed by atoms with E-state index in [2.05, 4.69) is 15.5 Å². The lowest BCUT2D eigenvalue weighted by Crippen LogP contribution is -2.54. The van der Waals surface area contributed by atoms with Gasteiger partial charge < -0.3 is 30.1 Å². The van der Waals surface area contributed by atoms with Gasteiger partial charge in [-0.2, -0.15) is 0 Å². The Morgan fingerprint density at radius 2 is 1.68 bits per heavy atom. The number of aromatic carboxylic acids is 1. The number of hydrogen-bond donors (Lipinski definition) is 3. The lowest BCUT2D eigenvalue weighted by molar-refractivity contribution is -0.122. The maximum atomic E-state index is 13.2. The van der Waals surface area contributed by atoms with Crippen LogP contribution in [0.2, 0.25) is 0 Å². The number of carboxylic acid groups (broad SMARTS) is 1. The second-order valence-electron chi connectivity index (χ2n) is 11.3. The predicted molar refractivity (Wildman–Crippen MR) is 153 cm³/mol. The molecule has 0 bridgehead atoms. The minimum absolute atomic E-state index is 0.0493. The topological polar surface area (TPSA) is 138 Å². The number of carbonyl (C=O) groups excluding carboxylic acids is 3. The van der Waals surface area contributed by atoms with Crippen molar-refractivity contribution >= 4 is 35.3 Å². The summed E-state index contributed by atoms with van der Waals surface area (Å²) in [5.41, 5.74) is 1.30. The molecule has 3 N–H and O–H groups in total. The van der Waals surface area contributed by atoms with Crippen LogP contribution in [0.25, 0.3) is 0 Å². The fourth-order valence-corrected chi connectivity index (χ4v) is 4.96. The molecule has 2 aliphatic heterocycles. The molecule has 3 amide bonds. The van der Waals surface area contributed by atoms with Crippen molar-refractivity contribution in [3.8, 4) is 0 Å². The van der Waals surface area contributed by atoms with Crippen molar-refractivity contribution in [3.63, 3.8) is 0 Å². The van der Waals surface area contributed by atoms with Gasteiger partial charge in [-0.3, -0.25) is 14.5 Å². The van der Waals surface area contributed by atoms with Gasteiger partial charge in [0.1, 0.15) is 11.6 Å². The third-order valence-corrected chi connectivity index (χ3v) is 7.05. The number of amides is 3. The van der Waals surface area contributed by atoms with Crippen molar-refractivity contribution < 1.29 is 33.8 Å². The zero-order valence-corrected chi connectivity index (χ0v) is 23.7. The first-order valence-electron chi connectivity index (χ1n) is 13.8. The van der Waals surface area contributed by atoms with E-state index in [1.807, 2.05) is 24.3 Å². The van der Waals surface area contributed by atoms with Gasteiger partial charge in [-0.15, -0.1) is 0 Å². The summed E-state index contributed by atoms with van der Waals surface area (Å²) in [6.45, 7) is 8.44. The number of rotatable bonds is 8. The normalized spacial score (nSPS) is 17.5. The van der Waals surface area contributed by atoms with Crippen molar-refractivity contribution in [2.45, 2.75) is 57.7 Å². The molecule has 0 unspecified atom stereocenters. The summed E-state index contributed by atoms with van der Waals surface area (Å²) in [6, 6.07) is 12.5. The Hall–Kier alpha value is -3.96. The molecule has 220 valence electrons. The van der Waals surface area contributed by atoms with Crippen LogP contribution in [0.5, 0.6) is 0 Å². The third-order valence-electron chi connectivity index (χ3n) is 7.05. The molecule has 11 nitrogen and oxygen atoms in total. The molecular formula is C30H38N4O7. The molecule has 4 rings (SSSR count). The number of benzene rings is 2. The van der Waals surface area contributed by atoms with Crippen molar-refractivity contribution in [2.24, 2.45) is 0 Å². The van der Waals surface area contributed by atoms with E-state index in [9.17, 15) is 19.2 Å². The number of nitrogens with zero attached hydrogens (tertiary/aromatic N) is 2. The summed E-state index contributed by atoms with van der Waals surface area (Å²) in [4.78, 5) is 53.9. The smallest absolute Gasteiger partial charge is 0.408 e.